The van der Waals surface area contributed by atoms with Gasteiger partial charge in [0.1, 0.15) is 0 Å². The van der Waals surface area contributed by atoms with E-state index in [-0.39, 0.29) is 18.1 Å². The molecule has 2 aromatic carbocycles. The lowest BCUT2D eigenvalue weighted by Gasteiger charge is -2.07. The van der Waals surface area contributed by atoms with E-state index >= 15 is 0 Å². The first-order valence-corrected chi connectivity index (χ1v) is 7.42. The van der Waals surface area contributed by atoms with Crippen LogP contribution in [0.1, 0.15) is 23.6 Å². The van der Waals surface area contributed by atoms with Gasteiger partial charge in [0.2, 0.25) is 5.91 Å². The molecule has 0 aromatic heterocycles. The molecule has 0 fully saturated rings. The van der Waals surface area contributed by atoms with Crippen LogP contribution in [-0.4, -0.2) is 23.8 Å². The lowest BCUT2D eigenvalue weighted by Crippen LogP contribution is -2.19. The second-order valence-corrected chi connectivity index (χ2v) is 5.08. The molecule has 0 aliphatic heterocycles. The summed E-state index contributed by atoms with van der Waals surface area (Å²) in [6.07, 6.45) is 1.65. The highest BCUT2D eigenvalue weighted by Crippen LogP contribution is 2.28. The van der Waals surface area contributed by atoms with E-state index in [9.17, 15) is 9.90 Å². The van der Waals surface area contributed by atoms with Crippen LogP contribution in [0.5, 0.6) is 11.5 Å². The zero-order chi connectivity index (χ0) is 16.7. The van der Waals surface area contributed by atoms with Crippen LogP contribution >= 0.6 is 0 Å². The number of hydrogen-bond acceptors (Lipinski definition) is 4. The zero-order valence-corrected chi connectivity index (χ0v) is 13.2. The fourth-order valence-electron chi connectivity index (χ4n) is 2.02. The van der Waals surface area contributed by atoms with Crippen LogP contribution in [0.25, 0.3) is 0 Å². The third-order valence-corrected chi connectivity index (χ3v) is 3.21. The first-order valence-electron chi connectivity index (χ1n) is 7.42. The number of phenolic OH excluding ortho intramolecular Hbond substituents is 1. The molecule has 2 aromatic rings. The van der Waals surface area contributed by atoms with Crippen molar-refractivity contribution < 1.29 is 14.6 Å². The van der Waals surface area contributed by atoms with E-state index in [0.717, 1.165) is 11.1 Å². The van der Waals surface area contributed by atoms with Crippen LogP contribution < -0.4 is 10.2 Å². The number of benzene rings is 2. The van der Waals surface area contributed by atoms with Gasteiger partial charge in [-0.2, -0.15) is 5.10 Å². The summed E-state index contributed by atoms with van der Waals surface area (Å²) in [6.45, 7) is 4.30. The second kappa shape index (κ2) is 7.98. The van der Waals surface area contributed by atoms with Gasteiger partial charge in [-0.1, -0.05) is 35.9 Å². The van der Waals surface area contributed by atoms with E-state index < -0.39 is 0 Å². The van der Waals surface area contributed by atoms with Crippen LogP contribution in [0.3, 0.4) is 0 Å². The van der Waals surface area contributed by atoms with Gasteiger partial charge >= 0.3 is 0 Å². The molecule has 0 unspecified atom stereocenters. The van der Waals surface area contributed by atoms with E-state index in [1.165, 1.54) is 6.21 Å². The van der Waals surface area contributed by atoms with Crippen LogP contribution in [0.2, 0.25) is 0 Å². The molecule has 0 saturated heterocycles. The summed E-state index contributed by atoms with van der Waals surface area (Å²) in [5.41, 5.74) is 5.00. The van der Waals surface area contributed by atoms with E-state index in [1.54, 1.807) is 18.2 Å². The molecule has 0 aliphatic carbocycles. The number of aryl methyl sites for hydroxylation is 1. The summed E-state index contributed by atoms with van der Waals surface area (Å²) >= 11 is 0. The van der Waals surface area contributed by atoms with Crippen molar-refractivity contribution in [1.29, 1.82) is 0 Å². The number of rotatable bonds is 6. The normalized spacial score (nSPS) is 10.7. The largest absolute Gasteiger partial charge is 0.504 e. The Hall–Kier alpha value is -2.82. The quantitative estimate of drug-likeness (QED) is 0.636. The molecular weight excluding hydrogens is 292 g/mol. The lowest BCUT2D eigenvalue weighted by atomic mass is 10.1. The predicted molar refractivity (Wildman–Crippen MR) is 89.9 cm³/mol. The van der Waals surface area contributed by atoms with Gasteiger partial charge in [0.25, 0.3) is 0 Å². The SMILES string of the molecule is CCOc1cccc(/C=N/NC(=O)Cc2ccc(C)cc2)c1O. The maximum absolute atomic E-state index is 11.8. The summed E-state index contributed by atoms with van der Waals surface area (Å²) in [7, 11) is 0. The predicted octanol–water partition coefficient (Wildman–Crippen LogP) is 2.79. The van der Waals surface area contributed by atoms with Gasteiger partial charge in [0.15, 0.2) is 11.5 Å². The maximum Gasteiger partial charge on any atom is 0.244 e. The molecule has 0 atom stereocenters. The number of carbonyl (C=O) groups excluding carboxylic acids is 1. The Morgan fingerprint density at radius 1 is 1.26 bits per heavy atom. The molecule has 0 heterocycles. The Morgan fingerprint density at radius 2 is 2.00 bits per heavy atom. The molecule has 2 rings (SSSR count). The van der Waals surface area contributed by atoms with Crippen molar-refractivity contribution in [3.63, 3.8) is 0 Å². The fraction of sp³-hybridized carbons (Fsp3) is 0.222. The minimum Gasteiger partial charge on any atom is -0.504 e. The summed E-state index contributed by atoms with van der Waals surface area (Å²) in [5.74, 6) is 0.180. The summed E-state index contributed by atoms with van der Waals surface area (Å²) in [4.78, 5) is 11.8. The van der Waals surface area contributed by atoms with Crippen LogP contribution in [0, 0.1) is 6.92 Å². The average Bonchev–Trinajstić information content (AvgIpc) is 2.53. The Bertz CT molecular complexity index is 694. The van der Waals surface area contributed by atoms with Gasteiger partial charge in [-0.15, -0.1) is 0 Å². The molecule has 2 N–H and O–H groups in total. The average molecular weight is 312 g/mol. The molecule has 0 aliphatic rings. The maximum atomic E-state index is 11.8. The highest BCUT2D eigenvalue weighted by atomic mass is 16.5. The minimum absolute atomic E-state index is 0.00545. The number of aromatic hydroxyl groups is 1. The molecular formula is C18H20N2O3. The third-order valence-electron chi connectivity index (χ3n) is 3.21. The monoisotopic (exact) mass is 312 g/mol. The number of para-hydroxylation sites is 1. The van der Waals surface area contributed by atoms with Crippen molar-refractivity contribution >= 4 is 12.1 Å². The molecule has 5 nitrogen and oxygen atoms in total. The summed E-state index contributed by atoms with van der Waals surface area (Å²) in [5, 5.41) is 13.9. The first-order chi connectivity index (χ1) is 11.1. The molecule has 0 saturated carbocycles. The Labute approximate surface area is 135 Å². The van der Waals surface area contributed by atoms with Gasteiger partial charge in [0.05, 0.1) is 19.2 Å². The summed E-state index contributed by atoms with van der Waals surface area (Å²) in [6, 6.07) is 12.9. The highest BCUT2D eigenvalue weighted by Gasteiger charge is 2.06. The molecule has 0 bridgehead atoms. The molecule has 0 spiro atoms. The standard InChI is InChI=1S/C18H20N2O3/c1-3-23-16-6-4-5-15(18(16)22)12-19-20-17(21)11-14-9-7-13(2)8-10-14/h4-10,12,22H,3,11H2,1-2H3,(H,20,21)/b19-12+. The fourth-order valence-corrected chi connectivity index (χ4v) is 2.02. The number of nitrogens with one attached hydrogen (secondary N) is 1. The van der Waals surface area contributed by atoms with Gasteiger partial charge < -0.3 is 9.84 Å². The molecule has 1 amide bonds. The minimum atomic E-state index is -0.217. The molecule has 5 heteroatoms. The molecule has 23 heavy (non-hydrogen) atoms. The zero-order valence-electron chi connectivity index (χ0n) is 13.2. The molecule has 120 valence electrons. The topological polar surface area (TPSA) is 70.9 Å². The second-order valence-electron chi connectivity index (χ2n) is 5.08. The first kappa shape index (κ1) is 16.5. The van der Waals surface area contributed by atoms with Gasteiger partial charge in [-0.25, -0.2) is 5.43 Å². The van der Waals surface area contributed by atoms with Crippen molar-refractivity contribution in [1.82, 2.24) is 5.43 Å². The number of ether oxygens (including phenoxy) is 1. The van der Waals surface area contributed by atoms with Crippen molar-refractivity contribution in [3.05, 3.63) is 59.2 Å². The Kier molecular flexibility index (Phi) is 5.74. The number of hydrogen-bond donors (Lipinski definition) is 2. The number of nitrogens with zero attached hydrogens (tertiary/aromatic N) is 1. The third kappa shape index (κ3) is 4.85. The van der Waals surface area contributed by atoms with Crippen LogP contribution in [0.15, 0.2) is 47.6 Å². The van der Waals surface area contributed by atoms with E-state index in [1.807, 2.05) is 38.1 Å². The Morgan fingerprint density at radius 3 is 2.70 bits per heavy atom. The Balaban J connectivity index is 1.94. The van der Waals surface area contributed by atoms with Crippen LogP contribution in [-0.2, 0) is 11.2 Å². The number of hydrazone groups is 1. The number of amides is 1. The highest BCUT2D eigenvalue weighted by molar-refractivity contribution is 5.86. The van der Waals surface area contributed by atoms with Crippen LogP contribution in [0.4, 0.5) is 0 Å². The van der Waals surface area contributed by atoms with E-state index in [4.69, 9.17) is 4.74 Å². The number of carbonyl (C=O) groups is 1. The number of phenols is 1. The van der Waals surface area contributed by atoms with Crippen molar-refractivity contribution in [2.45, 2.75) is 20.3 Å². The van der Waals surface area contributed by atoms with Gasteiger partial charge in [-0.05, 0) is 31.5 Å². The van der Waals surface area contributed by atoms with Gasteiger partial charge in [-0.3, -0.25) is 4.79 Å². The smallest absolute Gasteiger partial charge is 0.244 e. The van der Waals surface area contributed by atoms with E-state index in [2.05, 4.69) is 10.5 Å². The van der Waals surface area contributed by atoms with Crippen molar-refractivity contribution in [3.8, 4) is 11.5 Å². The van der Waals surface area contributed by atoms with Crippen molar-refractivity contribution in [2.24, 2.45) is 5.10 Å². The van der Waals surface area contributed by atoms with E-state index in [0.29, 0.717) is 17.9 Å². The van der Waals surface area contributed by atoms with Crippen molar-refractivity contribution in [2.75, 3.05) is 6.61 Å². The molecule has 0 radical (unpaired) electrons. The summed E-state index contributed by atoms with van der Waals surface area (Å²) < 4.78 is 5.29. The lowest BCUT2D eigenvalue weighted by molar-refractivity contribution is -0.120. The van der Waals surface area contributed by atoms with Gasteiger partial charge in [0, 0.05) is 5.56 Å².